The average molecular weight is 704 g/mol. The number of rotatable bonds is 5. The van der Waals surface area contributed by atoms with Crippen molar-refractivity contribution in [3.8, 4) is 56.4 Å². The molecule has 2 aromatic heterocycles. The Morgan fingerprint density at radius 1 is 0.400 bits per heavy atom. The summed E-state index contributed by atoms with van der Waals surface area (Å²) in [6, 6.07) is 59.3. The molecule has 0 bridgehead atoms. The van der Waals surface area contributed by atoms with Gasteiger partial charge in [-0.25, -0.2) is 15.0 Å². The van der Waals surface area contributed by atoms with Crippen LogP contribution in [-0.2, 0) is 0 Å². The first-order valence-electron chi connectivity index (χ1n) is 18.8. The topological polar surface area (TPSA) is 51.8 Å². The molecule has 7 aromatic carbocycles. The summed E-state index contributed by atoms with van der Waals surface area (Å²) in [5.41, 5.74) is 16.0. The molecule has 2 aliphatic rings. The van der Waals surface area contributed by atoms with Gasteiger partial charge in [-0.2, -0.15) is 0 Å². The van der Waals surface area contributed by atoms with E-state index in [2.05, 4.69) is 121 Å². The molecular formula is C51H33N3O. The molecular weight excluding hydrogens is 671 g/mol. The van der Waals surface area contributed by atoms with Crippen molar-refractivity contribution in [1.29, 1.82) is 0 Å². The molecule has 1 atom stereocenters. The Morgan fingerprint density at radius 2 is 0.891 bits per heavy atom. The Kier molecular flexibility index (Phi) is 7.27. The summed E-state index contributed by atoms with van der Waals surface area (Å²) >= 11 is 0. The van der Waals surface area contributed by atoms with E-state index >= 15 is 0 Å². The van der Waals surface area contributed by atoms with Crippen molar-refractivity contribution in [2.45, 2.75) is 12.3 Å². The second-order valence-corrected chi connectivity index (χ2v) is 14.3. The Bertz CT molecular complexity index is 2940. The molecule has 0 N–H and O–H groups in total. The third-order valence-corrected chi connectivity index (χ3v) is 11.1. The van der Waals surface area contributed by atoms with E-state index in [1.807, 2.05) is 60.7 Å². The number of allylic oxidation sites excluding steroid dienone is 4. The lowest BCUT2D eigenvalue weighted by atomic mass is 9.71. The molecule has 2 aliphatic carbocycles. The molecule has 0 saturated heterocycles. The van der Waals surface area contributed by atoms with E-state index in [0.717, 1.165) is 56.2 Å². The lowest BCUT2D eigenvalue weighted by Crippen LogP contribution is -2.12. The summed E-state index contributed by atoms with van der Waals surface area (Å²) in [5, 5.41) is 2.26. The van der Waals surface area contributed by atoms with Crippen LogP contribution in [0.5, 0.6) is 0 Å². The number of fused-ring (bicyclic) bond motifs is 9. The van der Waals surface area contributed by atoms with Gasteiger partial charge in [0.25, 0.3) is 0 Å². The van der Waals surface area contributed by atoms with Crippen LogP contribution in [0.3, 0.4) is 0 Å². The minimum atomic E-state index is 0.334. The average Bonchev–Trinajstić information content (AvgIpc) is 3.66. The summed E-state index contributed by atoms with van der Waals surface area (Å²) in [4.78, 5) is 14.8. The molecule has 9 aromatic rings. The van der Waals surface area contributed by atoms with Gasteiger partial charge in [0.2, 0.25) is 0 Å². The normalized spacial score (nSPS) is 14.5. The molecule has 4 heteroatoms. The largest absolute Gasteiger partial charge is 0.456 e. The number of hydrogen-bond acceptors (Lipinski definition) is 4. The smallest absolute Gasteiger partial charge is 0.164 e. The van der Waals surface area contributed by atoms with Crippen LogP contribution in [0.4, 0.5) is 0 Å². The number of furan rings is 1. The SMILES string of the molecule is C1=C(c2cccc3oc4cccc(-c5ccc(-c6nc(-c7ccccc7)nc(-c7ccccc7)n6)cc5)c4c23)C=C2c3ccccc3-c3ccccc3C2C1. The van der Waals surface area contributed by atoms with E-state index < -0.39 is 0 Å². The molecule has 55 heavy (non-hydrogen) atoms. The summed E-state index contributed by atoms with van der Waals surface area (Å²) in [7, 11) is 0. The molecule has 4 nitrogen and oxygen atoms in total. The van der Waals surface area contributed by atoms with E-state index in [4.69, 9.17) is 19.4 Å². The van der Waals surface area contributed by atoms with Gasteiger partial charge < -0.3 is 4.42 Å². The second kappa shape index (κ2) is 12.8. The molecule has 258 valence electrons. The van der Waals surface area contributed by atoms with Gasteiger partial charge in [-0.05, 0) is 68.6 Å². The fraction of sp³-hybridized carbons (Fsp3) is 0.0392. The molecule has 2 heterocycles. The first-order chi connectivity index (χ1) is 27.3. The molecule has 0 aliphatic heterocycles. The molecule has 1 unspecified atom stereocenters. The van der Waals surface area contributed by atoms with Crippen molar-refractivity contribution in [2.24, 2.45) is 0 Å². The standard InChI is InChI=1S/C51H33N3O/c1-3-13-33(14-4-1)49-52-50(34-15-5-2-6-16-34)54-51(53-49)35-27-25-32(26-28-35)37-21-11-23-45-47(37)48-38(22-12-24-46(48)55-45)36-29-30-43-41-19-8-7-17-39(41)40-18-9-10-20-42(40)44(43)31-36/h1-29,31,43H,30H2. The van der Waals surface area contributed by atoms with Crippen molar-refractivity contribution in [1.82, 2.24) is 15.0 Å². The maximum Gasteiger partial charge on any atom is 0.164 e. The summed E-state index contributed by atoms with van der Waals surface area (Å²) in [5.74, 6) is 2.27. The van der Waals surface area contributed by atoms with Crippen molar-refractivity contribution in [3.05, 3.63) is 199 Å². The monoisotopic (exact) mass is 703 g/mol. The van der Waals surface area contributed by atoms with Crippen LogP contribution in [0, 0.1) is 0 Å². The quantitative estimate of drug-likeness (QED) is 0.179. The highest BCUT2D eigenvalue weighted by atomic mass is 16.3. The van der Waals surface area contributed by atoms with Crippen molar-refractivity contribution >= 4 is 33.1 Å². The van der Waals surface area contributed by atoms with E-state index in [0.29, 0.717) is 23.4 Å². The lowest BCUT2D eigenvalue weighted by molar-refractivity contribution is 0.669. The summed E-state index contributed by atoms with van der Waals surface area (Å²) in [6.07, 6.45) is 5.80. The number of aromatic nitrogens is 3. The lowest BCUT2D eigenvalue weighted by Gasteiger charge is -2.33. The Balaban J connectivity index is 1.02. The number of benzene rings is 7. The van der Waals surface area contributed by atoms with Crippen LogP contribution >= 0.6 is 0 Å². The zero-order valence-corrected chi connectivity index (χ0v) is 29.9. The summed E-state index contributed by atoms with van der Waals surface area (Å²) < 4.78 is 6.58. The van der Waals surface area contributed by atoms with Gasteiger partial charge in [-0.1, -0.05) is 170 Å². The van der Waals surface area contributed by atoms with Gasteiger partial charge in [0, 0.05) is 33.4 Å². The van der Waals surface area contributed by atoms with Gasteiger partial charge in [0.05, 0.1) is 0 Å². The Morgan fingerprint density at radius 3 is 1.55 bits per heavy atom. The van der Waals surface area contributed by atoms with Crippen LogP contribution in [0.2, 0.25) is 0 Å². The van der Waals surface area contributed by atoms with Crippen LogP contribution in [0.1, 0.15) is 29.0 Å². The summed E-state index contributed by atoms with van der Waals surface area (Å²) in [6.45, 7) is 0. The first kappa shape index (κ1) is 31.4. The van der Waals surface area contributed by atoms with Crippen LogP contribution in [0.15, 0.2) is 186 Å². The van der Waals surface area contributed by atoms with E-state index in [1.54, 1.807) is 0 Å². The van der Waals surface area contributed by atoms with Crippen LogP contribution in [0.25, 0.3) is 89.5 Å². The molecule has 0 radical (unpaired) electrons. The number of hydrogen-bond donors (Lipinski definition) is 0. The minimum Gasteiger partial charge on any atom is -0.456 e. The zero-order chi connectivity index (χ0) is 36.3. The van der Waals surface area contributed by atoms with Crippen LogP contribution < -0.4 is 0 Å². The molecule has 11 rings (SSSR count). The van der Waals surface area contributed by atoms with E-state index in [9.17, 15) is 0 Å². The van der Waals surface area contributed by atoms with Crippen molar-refractivity contribution in [2.75, 3.05) is 0 Å². The molecule has 0 fully saturated rings. The fourth-order valence-electron chi connectivity index (χ4n) is 8.55. The highest BCUT2D eigenvalue weighted by Gasteiger charge is 2.31. The molecule has 0 amide bonds. The highest BCUT2D eigenvalue weighted by molar-refractivity contribution is 6.17. The predicted molar refractivity (Wildman–Crippen MR) is 224 cm³/mol. The van der Waals surface area contributed by atoms with Crippen LogP contribution in [-0.4, -0.2) is 15.0 Å². The van der Waals surface area contributed by atoms with E-state index in [1.165, 1.54) is 39.0 Å². The van der Waals surface area contributed by atoms with Crippen molar-refractivity contribution < 1.29 is 4.42 Å². The van der Waals surface area contributed by atoms with E-state index in [-0.39, 0.29) is 0 Å². The van der Waals surface area contributed by atoms with Gasteiger partial charge in [-0.3, -0.25) is 0 Å². The van der Waals surface area contributed by atoms with Gasteiger partial charge in [0.15, 0.2) is 17.5 Å². The Hall–Kier alpha value is -7.17. The first-order valence-corrected chi connectivity index (χ1v) is 18.8. The predicted octanol–water partition coefficient (Wildman–Crippen LogP) is 13.1. The maximum absolute atomic E-state index is 6.58. The second-order valence-electron chi connectivity index (χ2n) is 14.3. The fourth-order valence-corrected chi connectivity index (χ4v) is 8.55. The third kappa shape index (κ3) is 5.25. The molecule has 0 spiro atoms. The van der Waals surface area contributed by atoms with Crippen molar-refractivity contribution in [3.63, 3.8) is 0 Å². The number of nitrogens with zero attached hydrogens (tertiary/aromatic N) is 3. The zero-order valence-electron chi connectivity index (χ0n) is 29.9. The third-order valence-electron chi connectivity index (χ3n) is 11.1. The Labute approximate surface area is 318 Å². The molecule has 0 saturated carbocycles. The van der Waals surface area contributed by atoms with Gasteiger partial charge in [-0.15, -0.1) is 0 Å². The maximum atomic E-state index is 6.58. The van der Waals surface area contributed by atoms with Gasteiger partial charge in [0.1, 0.15) is 11.2 Å². The highest BCUT2D eigenvalue weighted by Crippen LogP contribution is 2.51. The minimum absolute atomic E-state index is 0.334. The van der Waals surface area contributed by atoms with Gasteiger partial charge >= 0.3 is 0 Å².